The quantitative estimate of drug-likeness (QED) is 0.0654. The molecule has 0 aromatic heterocycles. The number of halogens is 3. The van der Waals surface area contributed by atoms with Crippen LogP contribution in [0.2, 0.25) is 15.1 Å². The molecule has 11 nitrogen and oxygen atoms in total. The SMILES string of the molecule is COC(=O)c1cccc(C2CC2c2ccc(OC)cc2Cl)c1.COC(=O)c1cccc([C@@H]2C[C@H]2c2ccc(OC)cc2Cl)c1.COC(=O)c1cccc([C@H]2C[C@@H]2c2ccc(OC)cc2Cl)c1.N#N. The maximum Gasteiger partial charge on any atom is 0.337 e. The van der Waals surface area contributed by atoms with Crippen LogP contribution in [0.3, 0.4) is 0 Å². The van der Waals surface area contributed by atoms with E-state index in [0.29, 0.717) is 52.2 Å². The van der Waals surface area contributed by atoms with E-state index in [1.54, 1.807) is 39.5 Å². The maximum atomic E-state index is 11.6. The molecule has 14 heteroatoms. The lowest BCUT2D eigenvalue weighted by molar-refractivity contribution is 0.0591. The van der Waals surface area contributed by atoms with Crippen molar-refractivity contribution in [1.82, 2.24) is 0 Å². The van der Waals surface area contributed by atoms with Gasteiger partial charge in [0.15, 0.2) is 0 Å². The smallest absolute Gasteiger partial charge is 0.337 e. The van der Waals surface area contributed by atoms with Crippen molar-refractivity contribution in [3.63, 3.8) is 0 Å². The van der Waals surface area contributed by atoms with Gasteiger partial charge in [-0.3, -0.25) is 0 Å². The molecule has 2 unspecified atom stereocenters. The number of carbonyl (C=O) groups excluding carboxylic acids is 3. The highest BCUT2D eigenvalue weighted by atomic mass is 35.5. The molecule has 352 valence electrons. The van der Waals surface area contributed by atoms with Gasteiger partial charge in [0.25, 0.3) is 0 Å². The van der Waals surface area contributed by atoms with Gasteiger partial charge in [-0.2, -0.15) is 0 Å². The maximum absolute atomic E-state index is 11.6. The Morgan fingerprint density at radius 3 is 0.882 bits per heavy atom. The molecule has 6 aromatic carbocycles. The number of hydrogen-bond acceptors (Lipinski definition) is 11. The van der Waals surface area contributed by atoms with Crippen LogP contribution in [-0.4, -0.2) is 60.6 Å². The molecule has 3 fully saturated rings. The Morgan fingerprint density at radius 1 is 0.397 bits per heavy atom. The minimum atomic E-state index is -0.304. The number of esters is 3. The Morgan fingerprint density at radius 2 is 0.662 bits per heavy atom. The Labute approximate surface area is 411 Å². The Hall–Kier alpha value is -6.58. The number of benzene rings is 6. The number of hydrogen-bond donors (Lipinski definition) is 0. The van der Waals surface area contributed by atoms with Gasteiger partial charge in [0.2, 0.25) is 0 Å². The molecule has 3 aliphatic rings. The molecular formula is C54H51Cl3N2O9. The van der Waals surface area contributed by atoms with E-state index >= 15 is 0 Å². The highest BCUT2D eigenvalue weighted by Gasteiger charge is 2.43. The van der Waals surface area contributed by atoms with Crippen molar-refractivity contribution in [1.29, 1.82) is 10.8 Å². The van der Waals surface area contributed by atoms with Crippen molar-refractivity contribution in [3.05, 3.63) is 193 Å². The predicted molar refractivity (Wildman–Crippen MR) is 261 cm³/mol. The molecule has 0 heterocycles. The van der Waals surface area contributed by atoms with E-state index in [1.165, 1.54) is 21.3 Å². The average Bonchev–Trinajstić information content (AvgIpc) is 4.28. The van der Waals surface area contributed by atoms with Crippen molar-refractivity contribution < 1.29 is 42.8 Å². The van der Waals surface area contributed by atoms with Crippen LogP contribution in [0.15, 0.2) is 127 Å². The Bertz CT molecular complexity index is 2490. The largest absolute Gasteiger partial charge is 0.497 e. The first-order valence-electron chi connectivity index (χ1n) is 21.7. The van der Waals surface area contributed by atoms with Gasteiger partial charge in [-0.1, -0.05) is 89.4 Å². The topological polar surface area (TPSA) is 154 Å². The van der Waals surface area contributed by atoms with E-state index in [0.717, 1.165) is 85.0 Å². The van der Waals surface area contributed by atoms with Crippen LogP contribution in [0.1, 0.15) is 119 Å². The lowest BCUT2D eigenvalue weighted by Crippen LogP contribution is -2.01. The van der Waals surface area contributed by atoms with Gasteiger partial charge >= 0.3 is 17.9 Å². The van der Waals surface area contributed by atoms with E-state index in [9.17, 15) is 14.4 Å². The minimum absolute atomic E-state index is 0.304. The van der Waals surface area contributed by atoms with Gasteiger partial charge in [-0.25, -0.2) is 14.4 Å². The molecule has 0 saturated heterocycles. The molecule has 6 aromatic rings. The summed E-state index contributed by atoms with van der Waals surface area (Å²) < 4.78 is 29.9. The second kappa shape index (κ2) is 23.4. The summed E-state index contributed by atoms with van der Waals surface area (Å²) in [6, 6.07) is 40.3. The van der Waals surface area contributed by atoms with Crippen LogP contribution in [0, 0.1) is 10.8 Å². The van der Waals surface area contributed by atoms with E-state index in [-0.39, 0.29) is 17.9 Å². The van der Waals surface area contributed by atoms with Crippen molar-refractivity contribution in [2.45, 2.75) is 54.8 Å². The summed E-state index contributed by atoms with van der Waals surface area (Å²) in [5, 5.41) is 14.2. The summed E-state index contributed by atoms with van der Waals surface area (Å²) >= 11 is 19.0. The van der Waals surface area contributed by atoms with Crippen LogP contribution >= 0.6 is 34.8 Å². The lowest BCUT2D eigenvalue weighted by atomic mass is 10.0. The monoisotopic (exact) mass is 976 g/mol. The summed E-state index contributed by atoms with van der Waals surface area (Å²) in [6.07, 6.45) is 3.12. The van der Waals surface area contributed by atoms with Gasteiger partial charge in [-0.15, -0.1) is 0 Å². The Kier molecular flexibility index (Phi) is 17.5. The summed E-state index contributed by atoms with van der Waals surface area (Å²) in [7, 11) is 9.07. The zero-order valence-electron chi connectivity index (χ0n) is 38.4. The van der Waals surface area contributed by atoms with Gasteiger partial charge in [0, 0.05) is 25.9 Å². The van der Waals surface area contributed by atoms with Crippen LogP contribution in [0.4, 0.5) is 0 Å². The molecule has 3 aliphatic carbocycles. The molecule has 0 amide bonds. The van der Waals surface area contributed by atoms with Crippen LogP contribution < -0.4 is 14.2 Å². The fourth-order valence-corrected chi connectivity index (χ4v) is 9.50. The zero-order valence-corrected chi connectivity index (χ0v) is 40.7. The van der Waals surface area contributed by atoms with Crippen LogP contribution in [0.5, 0.6) is 17.2 Å². The normalized spacial score (nSPS) is 19.0. The second-order valence-corrected chi connectivity index (χ2v) is 17.6. The third-order valence-electron chi connectivity index (χ3n) is 12.4. The first-order valence-corrected chi connectivity index (χ1v) is 22.8. The standard InChI is InChI=1S/3C18H17ClO3.N2/c3*1-21-13-6-7-14(17(19)9-13)16-10-15(16)11-4-3-5-12(8-11)18(20)22-2;1-2/h3*3-9,15-16H,10H2,1-2H3;/t2*15-,16-;;/m10../s1. The predicted octanol–water partition coefficient (Wildman–Crippen LogP) is 13.2. The molecule has 9 rings (SSSR count). The Balaban J connectivity index is 0.000000165. The number of ether oxygens (including phenoxy) is 6. The number of methoxy groups -OCH3 is 6. The van der Waals surface area contributed by atoms with Gasteiger partial charge in [0.05, 0.1) is 59.3 Å². The molecule has 0 N–H and O–H groups in total. The summed E-state index contributed by atoms with van der Waals surface area (Å²) in [4.78, 5) is 34.9. The highest BCUT2D eigenvalue weighted by molar-refractivity contribution is 6.32. The van der Waals surface area contributed by atoms with Crippen molar-refractivity contribution in [3.8, 4) is 17.2 Å². The van der Waals surface area contributed by atoms with Gasteiger partial charge in [0.1, 0.15) is 17.2 Å². The minimum Gasteiger partial charge on any atom is -0.497 e. The van der Waals surface area contributed by atoms with E-state index < -0.39 is 0 Å². The average molecular weight is 978 g/mol. The molecule has 0 bridgehead atoms. The van der Waals surface area contributed by atoms with Gasteiger partial charge < -0.3 is 28.4 Å². The highest BCUT2D eigenvalue weighted by Crippen LogP contribution is 2.58. The molecule has 6 atom stereocenters. The number of carbonyl (C=O) groups is 3. The fourth-order valence-electron chi connectivity index (χ4n) is 8.57. The van der Waals surface area contributed by atoms with Crippen molar-refractivity contribution >= 4 is 52.7 Å². The molecule has 0 radical (unpaired) electrons. The van der Waals surface area contributed by atoms with Crippen molar-refractivity contribution in [2.75, 3.05) is 42.7 Å². The second-order valence-electron chi connectivity index (χ2n) is 16.4. The first-order chi connectivity index (χ1) is 32.9. The third kappa shape index (κ3) is 12.3. The molecular weight excluding hydrogens is 927 g/mol. The van der Waals surface area contributed by atoms with Gasteiger partial charge in [-0.05, 0) is 161 Å². The lowest BCUT2D eigenvalue weighted by Gasteiger charge is -2.07. The fraction of sp³-hybridized carbons (Fsp3) is 0.278. The first kappa shape index (κ1) is 50.8. The van der Waals surface area contributed by atoms with Crippen LogP contribution in [0.25, 0.3) is 0 Å². The third-order valence-corrected chi connectivity index (χ3v) is 13.4. The van der Waals surface area contributed by atoms with E-state index in [1.807, 2.05) is 91.0 Å². The summed E-state index contributed by atoms with van der Waals surface area (Å²) in [6.45, 7) is 0. The van der Waals surface area contributed by atoms with Crippen LogP contribution in [-0.2, 0) is 14.2 Å². The molecule has 68 heavy (non-hydrogen) atoms. The molecule has 0 spiro atoms. The zero-order chi connectivity index (χ0) is 49.1. The summed E-state index contributed by atoms with van der Waals surface area (Å²) in [5.41, 5.74) is 8.63. The molecule has 0 aliphatic heterocycles. The van der Waals surface area contributed by atoms with E-state index in [2.05, 4.69) is 18.2 Å². The number of nitrogens with zero attached hydrogens (tertiary/aromatic N) is 2. The van der Waals surface area contributed by atoms with Crippen molar-refractivity contribution in [2.24, 2.45) is 0 Å². The number of rotatable bonds is 12. The molecule has 3 saturated carbocycles. The van der Waals surface area contributed by atoms with E-state index in [4.69, 9.17) is 74.0 Å². The summed E-state index contributed by atoms with van der Waals surface area (Å²) in [5.74, 6) is 3.76.